The molecular weight excluding hydrogens is 386 g/mol. The lowest BCUT2D eigenvalue weighted by atomic mass is 9.65. The standard InChI is InChI=1S/C27H35NO3/c1-7-28(8-2)18-11-9-17(10-12-18)23-24-19(29)13-26(3,4)15-21(24)31-22-16-27(5,6)14-20(30)25(22)23/h9-12,23H,7-8,13-16H2,1-6H3. The van der Waals surface area contributed by atoms with Gasteiger partial charge in [-0.05, 0) is 42.4 Å². The van der Waals surface area contributed by atoms with Gasteiger partial charge in [-0.3, -0.25) is 9.59 Å². The van der Waals surface area contributed by atoms with Gasteiger partial charge in [0.2, 0.25) is 0 Å². The zero-order chi connectivity index (χ0) is 22.6. The van der Waals surface area contributed by atoms with Gasteiger partial charge in [0.15, 0.2) is 11.6 Å². The number of carbonyl (C=O) groups excluding carboxylic acids is 2. The monoisotopic (exact) mass is 421 g/mol. The van der Waals surface area contributed by atoms with Gasteiger partial charge in [0.05, 0.1) is 0 Å². The predicted molar refractivity (Wildman–Crippen MR) is 124 cm³/mol. The molecule has 0 radical (unpaired) electrons. The summed E-state index contributed by atoms with van der Waals surface area (Å²) in [5.74, 6) is 1.49. The number of hydrogen-bond acceptors (Lipinski definition) is 4. The van der Waals surface area contributed by atoms with Gasteiger partial charge in [-0.1, -0.05) is 39.8 Å². The van der Waals surface area contributed by atoms with Crippen molar-refractivity contribution < 1.29 is 14.3 Å². The van der Waals surface area contributed by atoms with Crippen LogP contribution in [-0.2, 0) is 14.3 Å². The molecule has 2 aliphatic carbocycles. The van der Waals surface area contributed by atoms with Gasteiger partial charge in [-0.25, -0.2) is 0 Å². The average Bonchev–Trinajstić information content (AvgIpc) is 2.66. The summed E-state index contributed by atoms with van der Waals surface area (Å²) >= 11 is 0. The number of ketones is 2. The molecule has 4 nitrogen and oxygen atoms in total. The molecule has 3 aliphatic rings. The molecule has 1 aromatic carbocycles. The maximum Gasteiger partial charge on any atom is 0.163 e. The first-order valence-electron chi connectivity index (χ1n) is 11.6. The predicted octanol–water partition coefficient (Wildman–Crippen LogP) is 5.93. The molecule has 4 rings (SSSR count). The number of benzene rings is 1. The van der Waals surface area contributed by atoms with Crippen LogP contribution in [0.2, 0.25) is 0 Å². The van der Waals surface area contributed by atoms with Gasteiger partial charge >= 0.3 is 0 Å². The Morgan fingerprint density at radius 3 is 1.68 bits per heavy atom. The largest absolute Gasteiger partial charge is 0.465 e. The summed E-state index contributed by atoms with van der Waals surface area (Å²) in [6, 6.07) is 8.43. The first-order chi connectivity index (χ1) is 14.5. The van der Waals surface area contributed by atoms with Crippen LogP contribution in [0.25, 0.3) is 0 Å². The molecule has 1 aromatic rings. The number of ether oxygens (including phenoxy) is 1. The summed E-state index contributed by atoms with van der Waals surface area (Å²) < 4.78 is 6.36. The summed E-state index contributed by atoms with van der Waals surface area (Å²) in [6.45, 7) is 14.6. The summed E-state index contributed by atoms with van der Waals surface area (Å²) in [5, 5.41) is 0. The topological polar surface area (TPSA) is 46.6 Å². The van der Waals surface area contributed by atoms with Crippen molar-refractivity contribution >= 4 is 17.3 Å². The molecule has 0 unspecified atom stereocenters. The van der Waals surface area contributed by atoms with Crippen molar-refractivity contribution in [1.29, 1.82) is 0 Å². The number of allylic oxidation sites excluding steroid dienone is 4. The minimum absolute atomic E-state index is 0.119. The zero-order valence-corrected chi connectivity index (χ0v) is 19.8. The lowest BCUT2D eigenvalue weighted by Crippen LogP contribution is -2.37. The summed E-state index contributed by atoms with van der Waals surface area (Å²) in [5.41, 5.74) is 3.35. The number of rotatable bonds is 4. The van der Waals surface area contributed by atoms with E-state index in [1.807, 2.05) is 0 Å². The second-order valence-electron chi connectivity index (χ2n) is 10.9. The Labute approximate surface area is 186 Å². The quantitative estimate of drug-likeness (QED) is 0.604. The smallest absolute Gasteiger partial charge is 0.163 e. The Bertz CT molecular complexity index is 922. The first-order valence-corrected chi connectivity index (χ1v) is 11.6. The summed E-state index contributed by atoms with van der Waals surface area (Å²) in [4.78, 5) is 28.9. The van der Waals surface area contributed by atoms with Gasteiger partial charge in [-0.2, -0.15) is 0 Å². The number of hydrogen-bond donors (Lipinski definition) is 0. The molecule has 0 fully saturated rings. The molecule has 0 aromatic heterocycles. The number of carbonyl (C=O) groups is 2. The third-order valence-electron chi connectivity index (χ3n) is 6.94. The molecule has 0 amide bonds. The minimum Gasteiger partial charge on any atom is -0.465 e. The van der Waals surface area contributed by atoms with E-state index in [0.29, 0.717) is 24.0 Å². The maximum atomic E-state index is 13.3. The third kappa shape index (κ3) is 3.97. The normalized spacial score (nSPS) is 22.8. The molecule has 166 valence electrons. The van der Waals surface area contributed by atoms with Crippen LogP contribution in [-0.4, -0.2) is 24.7 Å². The molecule has 1 heterocycles. The van der Waals surface area contributed by atoms with Gasteiger partial charge in [0.1, 0.15) is 11.5 Å². The summed E-state index contributed by atoms with van der Waals surface area (Å²) in [7, 11) is 0. The van der Waals surface area contributed by atoms with Crippen LogP contribution in [0.15, 0.2) is 46.9 Å². The summed E-state index contributed by atoms with van der Waals surface area (Å²) in [6.07, 6.45) is 2.44. The zero-order valence-electron chi connectivity index (χ0n) is 19.8. The third-order valence-corrected chi connectivity index (χ3v) is 6.94. The van der Waals surface area contributed by atoms with E-state index in [1.54, 1.807) is 0 Å². The minimum atomic E-state index is -0.309. The van der Waals surface area contributed by atoms with Crippen molar-refractivity contribution in [2.24, 2.45) is 10.8 Å². The van der Waals surface area contributed by atoms with E-state index in [9.17, 15) is 9.59 Å². The van der Waals surface area contributed by atoms with E-state index in [1.165, 1.54) is 0 Å². The van der Waals surface area contributed by atoms with Crippen molar-refractivity contribution in [3.8, 4) is 0 Å². The van der Waals surface area contributed by atoms with Crippen LogP contribution in [0.4, 0.5) is 5.69 Å². The molecule has 0 atom stereocenters. The Morgan fingerprint density at radius 1 is 0.806 bits per heavy atom. The molecule has 31 heavy (non-hydrogen) atoms. The van der Waals surface area contributed by atoms with Crippen LogP contribution >= 0.6 is 0 Å². The van der Waals surface area contributed by atoms with Crippen LogP contribution in [0, 0.1) is 10.8 Å². The average molecular weight is 422 g/mol. The fraction of sp³-hybridized carbons (Fsp3) is 0.556. The van der Waals surface area contributed by atoms with Gasteiger partial charge < -0.3 is 9.64 Å². The van der Waals surface area contributed by atoms with Crippen molar-refractivity contribution in [3.05, 3.63) is 52.5 Å². The van der Waals surface area contributed by atoms with Crippen molar-refractivity contribution in [2.75, 3.05) is 18.0 Å². The highest BCUT2D eigenvalue weighted by atomic mass is 16.5. The van der Waals surface area contributed by atoms with Crippen LogP contribution in [0.1, 0.15) is 78.7 Å². The van der Waals surface area contributed by atoms with Gasteiger partial charge in [0.25, 0.3) is 0 Å². The second kappa shape index (κ2) is 7.65. The molecule has 4 heteroatoms. The highest BCUT2D eigenvalue weighted by molar-refractivity contribution is 6.06. The number of anilines is 1. The maximum absolute atomic E-state index is 13.3. The molecule has 0 N–H and O–H groups in total. The number of nitrogens with zero attached hydrogens (tertiary/aromatic N) is 1. The van der Waals surface area contributed by atoms with E-state index >= 15 is 0 Å². The Balaban J connectivity index is 1.84. The Kier molecular flexibility index (Phi) is 5.39. The Hall–Kier alpha value is -2.36. The van der Waals surface area contributed by atoms with E-state index in [2.05, 4.69) is 70.7 Å². The fourth-order valence-corrected chi connectivity index (χ4v) is 5.47. The Morgan fingerprint density at radius 2 is 1.26 bits per heavy atom. The molecular formula is C27H35NO3. The van der Waals surface area contributed by atoms with Gasteiger partial charge in [-0.15, -0.1) is 0 Å². The van der Waals surface area contributed by atoms with E-state index < -0.39 is 0 Å². The highest BCUT2D eigenvalue weighted by Crippen LogP contribution is 2.53. The van der Waals surface area contributed by atoms with Crippen LogP contribution in [0.3, 0.4) is 0 Å². The van der Waals surface area contributed by atoms with Gasteiger partial charge in [0, 0.05) is 61.5 Å². The fourth-order valence-electron chi connectivity index (χ4n) is 5.47. The van der Waals surface area contributed by atoms with E-state index in [0.717, 1.165) is 48.7 Å². The van der Waals surface area contributed by atoms with Crippen molar-refractivity contribution in [3.63, 3.8) is 0 Å². The lowest BCUT2D eigenvalue weighted by Gasteiger charge is -2.42. The number of Topliss-reactive ketones (excluding diaryl/α,β-unsaturated/α-hetero) is 2. The molecule has 0 spiro atoms. The highest BCUT2D eigenvalue weighted by Gasteiger charge is 2.47. The molecule has 0 saturated carbocycles. The second-order valence-corrected chi connectivity index (χ2v) is 10.9. The van der Waals surface area contributed by atoms with Crippen LogP contribution < -0.4 is 4.90 Å². The molecule has 1 aliphatic heterocycles. The van der Waals surface area contributed by atoms with Crippen molar-refractivity contribution in [1.82, 2.24) is 0 Å². The van der Waals surface area contributed by atoms with E-state index in [4.69, 9.17) is 4.74 Å². The molecule has 0 saturated heterocycles. The SMILES string of the molecule is CCN(CC)c1ccc(C2C3=C(CC(C)(C)CC3=O)OC3=C2C(=O)CC(C)(C)C3)cc1. The van der Waals surface area contributed by atoms with Crippen molar-refractivity contribution in [2.45, 2.75) is 73.1 Å². The van der Waals surface area contributed by atoms with Crippen LogP contribution in [0.5, 0.6) is 0 Å². The first kappa shape index (κ1) is 21.9. The van der Waals surface area contributed by atoms with E-state index in [-0.39, 0.29) is 28.3 Å². The molecule has 0 bridgehead atoms. The lowest BCUT2D eigenvalue weighted by molar-refractivity contribution is -0.120.